The van der Waals surface area contributed by atoms with Crippen molar-refractivity contribution in [1.29, 1.82) is 0 Å². The molecule has 4 heterocycles. The van der Waals surface area contributed by atoms with E-state index >= 15 is 0 Å². The monoisotopic (exact) mass is 478 g/mol. The molecule has 1 unspecified atom stereocenters. The Kier molecular flexibility index (Phi) is 5.48. The fourth-order valence-electron chi connectivity index (χ4n) is 4.92. The molecule has 36 heavy (non-hydrogen) atoms. The summed E-state index contributed by atoms with van der Waals surface area (Å²) < 4.78 is 3.83. The highest BCUT2D eigenvalue weighted by Crippen LogP contribution is 2.24. The van der Waals surface area contributed by atoms with Gasteiger partial charge in [0.05, 0.1) is 12.1 Å². The number of nitrogens with one attached hydrogen (secondary N) is 2. The molecule has 180 valence electrons. The van der Waals surface area contributed by atoms with Crippen LogP contribution in [0.4, 0.5) is 0 Å². The summed E-state index contributed by atoms with van der Waals surface area (Å²) >= 11 is 0. The van der Waals surface area contributed by atoms with E-state index in [1.165, 1.54) is 0 Å². The SMILES string of the molecule is Cc1cccc(Cn2c(=O)[nH]c3ncc(-c4cccc(C(=O)NC5CCn6ccnc6C5)c4)cc32)c1. The van der Waals surface area contributed by atoms with Gasteiger partial charge in [0.1, 0.15) is 5.82 Å². The van der Waals surface area contributed by atoms with Crippen LogP contribution in [-0.2, 0) is 19.5 Å². The molecule has 5 aromatic rings. The van der Waals surface area contributed by atoms with E-state index in [4.69, 9.17) is 0 Å². The number of fused-ring (bicyclic) bond motifs is 2. The van der Waals surface area contributed by atoms with Gasteiger partial charge < -0.3 is 9.88 Å². The van der Waals surface area contributed by atoms with Gasteiger partial charge in [-0.15, -0.1) is 0 Å². The number of aromatic nitrogens is 5. The predicted octanol–water partition coefficient (Wildman–Crippen LogP) is 3.69. The first kappa shape index (κ1) is 22.0. The second kappa shape index (κ2) is 8.96. The molecule has 0 saturated heterocycles. The van der Waals surface area contributed by atoms with Crippen molar-refractivity contribution in [3.05, 3.63) is 106 Å². The average molecular weight is 479 g/mol. The van der Waals surface area contributed by atoms with E-state index in [0.29, 0.717) is 17.8 Å². The second-order valence-corrected chi connectivity index (χ2v) is 9.38. The first-order chi connectivity index (χ1) is 17.5. The number of pyridine rings is 1. The van der Waals surface area contributed by atoms with Gasteiger partial charge in [0.2, 0.25) is 0 Å². The Morgan fingerprint density at radius 3 is 2.89 bits per heavy atom. The van der Waals surface area contributed by atoms with Crippen LogP contribution in [0.2, 0.25) is 0 Å². The lowest BCUT2D eigenvalue weighted by Crippen LogP contribution is -2.40. The summed E-state index contributed by atoms with van der Waals surface area (Å²) in [4.78, 5) is 37.4. The lowest BCUT2D eigenvalue weighted by Gasteiger charge is -2.24. The minimum atomic E-state index is -0.197. The number of amides is 1. The van der Waals surface area contributed by atoms with Crippen molar-refractivity contribution in [3.8, 4) is 11.1 Å². The van der Waals surface area contributed by atoms with Gasteiger partial charge in [0, 0.05) is 48.7 Å². The molecule has 8 heteroatoms. The summed E-state index contributed by atoms with van der Waals surface area (Å²) in [5.41, 5.74) is 5.57. The van der Waals surface area contributed by atoms with Crippen molar-refractivity contribution in [3.63, 3.8) is 0 Å². The van der Waals surface area contributed by atoms with E-state index in [9.17, 15) is 9.59 Å². The Hall–Kier alpha value is -4.46. The number of aryl methyl sites for hydroxylation is 2. The van der Waals surface area contributed by atoms with Crippen LogP contribution in [0.25, 0.3) is 22.3 Å². The van der Waals surface area contributed by atoms with E-state index in [0.717, 1.165) is 53.0 Å². The molecule has 1 amide bonds. The van der Waals surface area contributed by atoms with Gasteiger partial charge in [-0.3, -0.25) is 14.3 Å². The number of benzene rings is 2. The third-order valence-corrected chi connectivity index (χ3v) is 6.79. The molecular formula is C28H26N6O2. The molecule has 0 bridgehead atoms. The molecule has 6 rings (SSSR count). The van der Waals surface area contributed by atoms with Crippen LogP contribution in [0.5, 0.6) is 0 Å². The molecule has 0 fully saturated rings. The third-order valence-electron chi connectivity index (χ3n) is 6.79. The Labute approximate surface area is 207 Å². The number of rotatable bonds is 5. The van der Waals surface area contributed by atoms with E-state index in [1.807, 2.05) is 61.7 Å². The van der Waals surface area contributed by atoms with Gasteiger partial charge in [-0.1, -0.05) is 42.0 Å². The van der Waals surface area contributed by atoms with Crippen LogP contribution in [0.15, 0.2) is 78.0 Å². The lowest BCUT2D eigenvalue weighted by atomic mass is 10.0. The van der Waals surface area contributed by atoms with Gasteiger partial charge in [0.25, 0.3) is 5.91 Å². The van der Waals surface area contributed by atoms with Gasteiger partial charge in [-0.05, 0) is 42.7 Å². The first-order valence-electron chi connectivity index (χ1n) is 12.1. The van der Waals surface area contributed by atoms with Crippen molar-refractivity contribution >= 4 is 17.1 Å². The van der Waals surface area contributed by atoms with Crippen LogP contribution < -0.4 is 11.0 Å². The summed E-state index contributed by atoms with van der Waals surface area (Å²) in [6.45, 7) is 3.34. The summed E-state index contributed by atoms with van der Waals surface area (Å²) in [5.74, 6) is 0.900. The smallest absolute Gasteiger partial charge is 0.327 e. The number of carbonyl (C=O) groups is 1. The maximum Gasteiger partial charge on any atom is 0.327 e. The highest BCUT2D eigenvalue weighted by atomic mass is 16.2. The molecule has 1 aliphatic heterocycles. The number of hydrogen-bond donors (Lipinski definition) is 2. The molecule has 0 spiro atoms. The van der Waals surface area contributed by atoms with Crippen LogP contribution in [0.1, 0.15) is 33.7 Å². The highest BCUT2D eigenvalue weighted by Gasteiger charge is 2.21. The first-order valence-corrected chi connectivity index (χ1v) is 12.1. The number of hydrogen-bond acceptors (Lipinski definition) is 4. The Morgan fingerprint density at radius 2 is 2.00 bits per heavy atom. The topological polar surface area (TPSA) is 97.6 Å². The van der Waals surface area contributed by atoms with E-state index in [2.05, 4.69) is 30.9 Å². The van der Waals surface area contributed by atoms with Crippen LogP contribution in [-0.4, -0.2) is 36.0 Å². The van der Waals surface area contributed by atoms with Crippen molar-refractivity contribution < 1.29 is 4.79 Å². The minimum absolute atomic E-state index is 0.0602. The van der Waals surface area contributed by atoms with Crippen LogP contribution in [0, 0.1) is 6.92 Å². The molecule has 1 aliphatic rings. The van der Waals surface area contributed by atoms with Gasteiger partial charge in [-0.25, -0.2) is 14.8 Å². The Balaban J connectivity index is 1.26. The Bertz CT molecular complexity index is 1640. The molecule has 0 aliphatic carbocycles. The molecule has 1 atom stereocenters. The molecule has 2 N–H and O–H groups in total. The fraction of sp³-hybridized carbons (Fsp3) is 0.214. The van der Waals surface area contributed by atoms with E-state index < -0.39 is 0 Å². The van der Waals surface area contributed by atoms with Crippen LogP contribution >= 0.6 is 0 Å². The van der Waals surface area contributed by atoms with Gasteiger partial charge in [-0.2, -0.15) is 0 Å². The van der Waals surface area contributed by atoms with Crippen molar-refractivity contribution in [2.75, 3.05) is 0 Å². The summed E-state index contributed by atoms with van der Waals surface area (Å²) in [7, 11) is 0. The molecule has 8 nitrogen and oxygen atoms in total. The van der Waals surface area contributed by atoms with Crippen molar-refractivity contribution in [2.24, 2.45) is 0 Å². The number of aromatic amines is 1. The normalized spacial score (nSPS) is 15.1. The summed E-state index contributed by atoms with van der Waals surface area (Å²) in [6.07, 6.45) is 7.12. The largest absolute Gasteiger partial charge is 0.349 e. The molecular weight excluding hydrogens is 452 g/mol. The quantitative estimate of drug-likeness (QED) is 0.403. The lowest BCUT2D eigenvalue weighted by molar-refractivity contribution is 0.0930. The zero-order valence-electron chi connectivity index (χ0n) is 19.9. The molecule has 0 radical (unpaired) electrons. The number of nitrogens with zero attached hydrogens (tertiary/aromatic N) is 4. The number of carbonyl (C=O) groups excluding carboxylic acids is 1. The molecule has 2 aromatic carbocycles. The van der Waals surface area contributed by atoms with Crippen molar-refractivity contribution in [1.82, 2.24) is 29.4 Å². The maximum absolute atomic E-state index is 13.0. The fourth-order valence-corrected chi connectivity index (χ4v) is 4.92. The van der Waals surface area contributed by atoms with Crippen LogP contribution in [0.3, 0.4) is 0 Å². The van der Waals surface area contributed by atoms with E-state index in [-0.39, 0.29) is 17.6 Å². The standard InChI is InChI=1S/C28H26N6O2/c1-18-4-2-5-19(12-18)17-34-24-14-22(16-30-26(24)32-28(34)36)20-6-3-7-21(13-20)27(35)31-23-8-10-33-11-9-29-25(33)15-23/h2-7,9,11-14,16,23H,8,10,15,17H2,1H3,(H,31,35)(H,30,32,36). The molecule has 3 aromatic heterocycles. The molecule has 0 saturated carbocycles. The maximum atomic E-state index is 13.0. The minimum Gasteiger partial charge on any atom is -0.349 e. The third kappa shape index (κ3) is 4.22. The Morgan fingerprint density at radius 1 is 1.11 bits per heavy atom. The van der Waals surface area contributed by atoms with Crippen molar-refractivity contribution in [2.45, 2.75) is 38.9 Å². The number of H-pyrrole nitrogens is 1. The van der Waals surface area contributed by atoms with Gasteiger partial charge in [0.15, 0.2) is 5.65 Å². The second-order valence-electron chi connectivity index (χ2n) is 9.38. The zero-order valence-corrected chi connectivity index (χ0v) is 19.9. The summed E-state index contributed by atoms with van der Waals surface area (Å²) in [5, 5.41) is 3.16. The van der Waals surface area contributed by atoms with E-state index in [1.54, 1.807) is 17.0 Å². The highest BCUT2D eigenvalue weighted by molar-refractivity contribution is 5.95. The number of imidazole rings is 2. The summed E-state index contributed by atoms with van der Waals surface area (Å²) in [6, 6.07) is 17.6. The zero-order chi connectivity index (χ0) is 24.6. The predicted molar refractivity (Wildman–Crippen MR) is 138 cm³/mol. The van der Waals surface area contributed by atoms with Gasteiger partial charge >= 0.3 is 5.69 Å². The average Bonchev–Trinajstić information content (AvgIpc) is 3.47.